The Balaban J connectivity index is 1.30. The summed E-state index contributed by atoms with van der Waals surface area (Å²) in [6.07, 6.45) is 4.73. The zero-order chi connectivity index (χ0) is 24.2. The zero-order valence-electron chi connectivity index (χ0n) is 20.0. The van der Waals surface area contributed by atoms with Gasteiger partial charge in [0.05, 0.1) is 24.0 Å². The van der Waals surface area contributed by atoms with Gasteiger partial charge in [0.15, 0.2) is 5.52 Å². The van der Waals surface area contributed by atoms with Crippen LogP contribution in [-0.4, -0.2) is 35.0 Å². The van der Waals surface area contributed by atoms with Crippen LogP contribution in [0.5, 0.6) is 0 Å². The van der Waals surface area contributed by atoms with Crippen LogP contribution in [0.1, 0.15) is 30.5 Å². The van der Waals surface area contributed by atoms with Crippen LogP contribution in [0.3, 0.4) is 0 Å². The number of pyridine rings is 1. The van der Waals surface area contributed by atoms with Crippen molar-refractivity contribution in [3.8, 4) is 11.4 Å². The molecule has 0 aliphatic carbocycles. The maximum absolute atomic E-state index is 12.5. The van der Waals surface area contributed by atoms with E-state index >= 15 is 0 Å². The molecule has 0 saturated carbocycles. The monoisotopic (exact) mass is 484 g/mol. The lowest BCUT2D eigenvalue weighted by Gasteiger charge is -2.30. The van der Waals surface area contributed by atoms with E-state index in [1.807, 2.05) is 30.3 Å². The van der Waals surface area contributed by atoms with Gasteiger partial charge >= 0.3 is 0 Å². The summed E-state index contributed by atoms with van der Waals surface area (Å²) in [5, 5.41) is 5.47. The van der Waals surface area contributed by atoms with Crippen LogP contribution >= 0.6 is 9.24 Å². The second kappa shape index (κ2) is 10.5. The van der Waals surface area contributed by atoms with E-state index in [1.165, 1.54) is 5.56 Å². The lowest BCUT2D eigenvalue weighted by Crippen LogP contribution is -2.46. The van der Waals surface area contributed by atoms with Crippen LogP contribution < -0.4 is 20.5 Å². The number of nitrogens with zero attached hydrogens (tertiary/aromatic N) is 3. The van der Waals surface area contributed by atoms with Crippen LogP contribution in [0.2, 0.25) is 0 Å². The number of H-pyrrole nitrogens is 1. The van der Waals surface area contributed by atoms with Crippen molar-refractivity contribution < 1.29 is 9.78 Å². The summed E-state index contributed by atoms with van der Waals surface area (Å²) >= 11 is 0. The molecule has 1 saturated heterocycles. The predicted molar refractivity (Wildman–Crippen MR) is 144 cm³/mol. The molecule has 2 aromatic carbocycles. The van der Waals surface area contributed by atoms with Crippen molar-refractivity contribution in [1.29, 1.82) is 0 Å². The third kappa shape index (κ3) is 5.49. The summed E-state index contributed by atoms with van der Waals surface area (Å²) in [6.45, 7) is 3.84. The van der Waals surface area contributed by atoms with Crippen LogP contribution in [0, 0.1) is 6.92 Å². The van der Waals surface area contributed by atoms with Gasteiger partial charge in [0, 0.05) is 24.4 Å². The van der Waals surface area contributed by atoms with Gasteiger partial charge in [0.1, 0.15) is 0 Å². The molecule has 1 aliphatic rings. The predicted octanol–water partition coefficient (Wildman–Crippen LogP) is 3.64. The average molecular weight is 485 g/mol. The molecule has 4 aromatic rings. The Hall–Kier alpha value is -3.37. The Morgan fingerprint density at radius 1 is 1.11 bits per heavy atom. The standard InChI is InChI=1S/C28H30N5OP/c1-19-9-11-22-24(18-19)31-27(23-7-2-3-8-25(23)35)32-28(22)33-16-13-21(14-17-33)30-26(34)12-10-20-6-4-5-15-29-20/h2-9,11,15,18,21H,10,12-14,16-17,35H2,1H3,(H,30,34)/p+1. The van der Waals surface area contributed by atoms with Crippen molar-refractivity contribution >= 4 is 37.2 Å². The normalized spacial score (nSPS) is 14.3. The van der Waals surface area contributed by atoms with E-state index in [1.54, 1.807) is 6.20 Å². The number of anilines is 1. The SMILES string of the molecule is Cc1ccc2c(N3CCC(NC(=O)CCc4ccccn4)CC3)[nH+]c(-c3ccccc3P)nc2c1. The summed E-state index contributed by atoms with van der Waals surface area (Å²) in [4.78, 5) is 27.8. The number of fused-ring (bicyclic) bond motifs is 1. The van der Waals surface area contributed by atoms with Gasteiger partial charge in [-0.05, 0) is 67.4 Å². The smallest absolute Gasteiger partial charge is 0.268 e. The van der Waals surface area contributed by atoms with Gasteiger partial charge in [-0.1, -0.05) is 30.3 Å². The second-order valence-electron chi connectivity index (χ2n) is 9.19. The number of carbonyl (C=O) groups excluding carboxylic acids is 1. The lowest BCUT2D eigenvalue weighted by atomic mass is 10.0. The van der Waals surface area contributed by atoms with E-state index in [0.29, 0.717) is 12.8 Å². The summed E-state index contributed by atoms with van der Waals surface area (Å²) < 4.78 is 0. The molecule has 1 unspecified atom stereocenters. The molecule has 7 heteroatoms. The third-order valence-electron chi connectivity index (χ3n) is 6.60. The van der Waals surface area contributed by atoms with Crippen LogP contribution in [0.15, 0.2) is 66.9 Å². The van der Waals surface area contributed by atoms with Gasteiger partial charge in [0.25, 0.3) is 5.82 Å². The van der Waals surface area contributed by atoms with Crippen molar-refractivity contribution in [2.45, 2.75) is 38.6 Å². The number of carbonyl (C=O) groups is 1. The summed E-state index contributed by atoms with van der Waals surface area (Å²) in [5.74, 6) is 2.07. The van der Waals surface area contributed by atoms with Crippen LogP contribution in [0.4, 0.5) is 5.82 Å². The van der Waals surface area contributed by atoms with Crippen molar-refractivity contribution in [2.75, 3.05) is 18.0 Å². The Kier molecular flexibility index (Phi) is 7.01. The highest BCUT2D eigenvalue weighted by Gasteiger charge is 2.28. The molecule has 6 nitrogen and oxygen atoms in total. The maximum atomic E-state index is 12.5. The molecular formula is C28H31N5OP+. The first-order valence-corrected chi connectivity index (χ1v) is 12.8. The van der Waals surface area contributed by atoms with Crippen LogP contribution in [-0.2, 0) is 11.2 Å². The van der Waals surface area contributed by atoms with Crippen molar-refractivity contribution in [3.63, 3.8) is 0 Å². The van der Waals surface area contributed by atoms with Crippen LogP contribution in [0.25, 0.3) is 22.3 Å². The fourth-order valence-electron chi connectivity index (χ4n) is 4.69. The molecule has 3 heterocycles. The van der Waals surface area contributed by atoms with Gasteiger partial charge in [0.2, 0.25) is 11.7 Å². The largest absolute Gasteiger partial charge is 0.353 e. The third-order valence-corrected chi connectivity index (χ3v) is 7.11. The number of nitrogens with one attached hydrogen (secondary N) is 2. The summed E-state index contributed by atoms with van der Waals surface area (Å²) in [7, 11) is 2.81. The van der Waals surface area contributed by atoms with E-state index in [9.17, 15) is 4.79 Å². The number of aromatic nitrogens is 3. The minimum Gasteiger partial charge on any atom is -0.353 e. The first-order valence-electron chi connectivity index (χ1n) is 12.2. The fourth-order valence-corrected chi connectivity index (χ4v) is 5.03. The number of piperidine rings is 1. The molecule has 1 fully saturated rings. The Labute approximate surface area is 208 Å². The molecular weight excluding hydrogens is 453 g/mol. The highest BCUT2D eigenvalue weighted by atomic mass is 31.0. The minimum absolute atomic E-state index is 0.102. The van der Waals surface area contributed by atoms with Crippen molar-refractivity contribution in [1.82, 2.24) is 15.3 Å². The first-order chi connectivity index (χ1) is 17.1. The molecule has 0 bridgehead atoms. The molecule has 0 spiro atoms. The van der Waals surface area contributed by atoms with Crippen molar-refractivity contribution in [2.24, 2.45) is 0 Å². The number of rotatable bonds is 6. The molecule has 1 atom stereocenters. The number of hydrogen-bond acceptors (Lipinski definition) is 4. The molecule has 5 rings (SSSR count). The first kappa shape index (κ1) is 23.4. The van der Waals surface area contributed by atoms with E-state index in [2.05, 4.69) is 66.7 Å². The molecule has 178 valence electrons. The number of aromatic amines is 1. The second-order valence-corrected chi connectivity index (χ2v) is 9.81. The quantitative estimate of drug-likeness (QED) is 0.424. The summed E-state index contributed by atoms with van der Waals surface area (Å²) in [5.41, 5.74) is 4.22. The Bertz CT molecular complexity index is 1340. The fraction of sp³-hybridized carbons (Fsp3) is 0.286. The van der Waals surface area contributed by atoms with E-state index in [0.717, 1.165) is 65.0 Å². The Morgan fingerprint density at radius 3 is 2.69 bits per heavy atom. The average Bonchev–Trinajstić information content (AvgIpc) is 2.88. The van der Waals surface area contributed by atoms with E-state index in [4.69, 9.17) is 4.98 Å². The highest BCUT2D eigenvalue weighted by molar-refractivity contribution is 7.27. The number of aryl methyl sites for hydroxylation is 2. The van der Waals surface area contributed by atoms with Gasteiger partial charge in [-0.3, -0.25) is 14.7 Å². The number of amides is 1. The van der Waals surface area contributed by atoms with Gasteiger partial charge in [-0.25, -0.2) is 4.98 Å². The maximum Gasteiger partial charge on any atom is 0.268 e. The molecule has 35 heavy (non-hydrogen) atoms. The summed E-state index contributed by atoms with van der Waals surface area (Å²) in [6, 6.07) is 20.7. The Morgan fingerprint density at radius 2 is 1.91 bits per heavy atom. The molecule has 0 radical (unpaired) electrons. The number of benzene rings is 2. The minimum atomic E-state index is 0.102. The molecule has 1 amide bonds. The van der Waals surface area contributed by atoms with Gasteiger partial charge in [-0.15, -0.1) is 14.2 Å². The molecule has 1 aliphatic heterocycles. The zero-order valence-corrected chi connectivity index (χ0v) is 21.2. The van der Waals surface area contributed by atoms with Crippen molar-refractivity contribution in [3.05, 3.63) is 78.1 Å². The highest BCUT2D eigenvalue weighted by Crippen LogP contribution is 2.27. The number of hydrogen-bond donors (Lipinski definition) is 1. The molecule has 2 N–H and O–H groups in total. The van der Waals surface area contributed by atoms with Gasteiger partial charge in [-0.2, -0.15) is 0 Å². The van der Waals surface area contributed by atoms with E-state index in [-0.39, 0.29) is 11.9 Å². The van der Waals surface area contributed by atoms with Gasteiger partial charge < -0.3 is 5.32 Å². The topological polar surface area (TPSA) is 72.3 Å². The molecule has 2 aromatic heterocycles. The lowest BCUT2D eigenvalue weighted by molar-refractivity contribution is -0.353. The van der Waals surface area contributed by atoms with E-state index < -0.39 is 0 Å².